The molecule has 1 fully saturated rings. The minimum Gasteiger partial charge on any atom is -0.286 e. The second-order valence-corrected chi connectivity index (χ2v) is 5.45. The van der Waals surface area contributed by atoms with Gasteiger partial charge in [0.2, 0.25) is 0 Å². The number of aryl methyl sites for hydroxylation is 1. The van der Waals surface area contributed by atoms with Crippen LogP contribution in [0.15, 0.2) is 54.6 Å². The topological polar surface area (TPSA) is 3.01 Å². The van der Waals surface area contributed by atoms with E-state index in [4.69, 9.17) is 0 Å². The molecular weight excluding hydrogens is 230 g/mol. The molecule has 2 aromatic rings. The molecular formula is C18H21N. The van der Waals surface area contributed by atoms with E-state index >= 15 is 0 Å². The first kappa shape index (κ1) is 12.4. The molecule has 0 radical (unpaired) electrons. The molecule has 3 atom stereocenters. The standard InChI is InChI=1S/C18H21N/c1-3-13-19-17(15-7-5-4-6-8-15)18(19)16-11-9-14(2)10-12-16/h4-12,17-18H,3,13H2,1-2H3/t17-,18-,19?/m0/s1. The fourth-order valence-corrected chi connectivity index (χ4v) is 2.97. The van der Waals surface area contributed by atoms with Crippen LogP contribution in [0.1, 0.15) is 42.1 Å². The number of nitrogens with zero attached hydrogens (tertiary/aromatic N) is 1. The summed E-state index contributed by atoms with van der Waals surface area (Å²) in [6.45, 7) is 5.58. The molecule has 0 bridgehead atoms. The summed E-state index contributed by atoms with van der Waals surface area (Å²) in [4.78, 5) is 2.60. The Morgan fingerprint density at radius 3 is 2.00 bits per heavy atom. The molecule has 19 heavy (non-hydrogen) atoms. The molecule has 1 unspecified atom stereocenters. The largest absolute Gasteiger partial charge is 0.286 e. The predicted octanol–water partition coefficient (Wildman–Crippen LogP) is 4.50. The van der Waals surface area contributed by atoms with Crippen LogP contribution < -0.4 is 0 Å². The number of hydrogen-bond acceptors (Lipinski definition) is 1. The Morgan fingerprint density at radius 1 is 0.842 bits per heavy atom. The van der Waals surface area contributed by atoms with Crippen molar-refractivity contribution in [1.82, 2.24) is 4.90 Å². The monoisotopic (exact) mass is 251 g/mol. The van der Waals surface area contributed by atoms with Gasteiger partial charge in [-0.3, -0.25) is 4.90 Å². The molecule has 0 aliphatic carbocycles. The fraction of sp³-hybridized carbons (Fsp3) is 0.333. The Morgan fingerprint density at radius 2 is 1.42 bits per heavy atom. The Bertz CT molecular complexity index is 529. The third-order valence-electron chi connectivity index (χ3n) is 3.97. The van der Waals surface area contributed by atoms with Crippen LogP contribution >= 0.6 is 0 Å². The van der Waals surface area contributed by atoms with E-state index in [9.17, 15) is 0 Å². The maximum Gasteiger partial charge on any atom is 0.0552 e. The first-order valence-corrected chi connectivity index (χ1v) is 7.18. The molecule has 0 saturated carbocycles. The lowest BCUT2D eigenvalue weighted by molar-refractivity contribution is 0.482. The van der Waals surface area contributed by atoms with Gasteiger partial charge in [-0.2, -0.15) is 0 Å². The SMILES string of the molecule is CCCN1[C@@H](c2ccccc2)[C@@H]1c1ccc(C)cc1. The van der Waals surface area contributed by atoms with E-state index in [1.54, 1.807) is 0 Å². The molecule has 0 amide bonds. The normalized spacial score (nSPS) is 25.3. The van der Waals surface area contributed by atoms with Crippen molar-refractivity contribution in [2.75, 3.05) is 6.54 Å². The number of rotatable bonds is 4. The van der Waals surface area contributed by atoms with Crippen LogP contribution in [0.2, 0.25) is 0 Å². The van der Waals surface area contributed by atoms with E-state index in [1.807, 2.05) is 0 Å². The minimum atomic E-state index is 0.572. The zero-order valence-electron chi connectivity index (χ0n) is 11.7. The summed E-state index contributed by atoms with van der Waals surface area (Å²) in [6, 6.07) is 21.0. The van der Waals surface area contributed by atoms with Gasteiger partial charge in [-0.25, -0.2) is 0 Å². The quantitative estimate of drug-likeness (QED) is 0.723. The molecule has 1 nitrogen and oxygen atoms in total. The van der Waals surface area contributed by atoms with Gasteiger partial charge in [0.25, 0.3) is 0 Å². The lowest BCUT2D eigenvalue weighted by atomic mass is 10.0. The first-order chi connectivity index (χ1) is 9.31. The zero-order chi connectivity index (χ0) is 13.2. The summed E-state index contributed by atoms with van der Waals surface area (Å²) in [7, 11) is 0. The van der Waals surface area contributed by atoms with Crippen molar-refractivity contribution in [3.05, 3.63) is 71.3 Å². The second-order valence-electron chi connectivity index (χ2n) is 5.45. The summed E-state index contributed by atoms with van der Waals surface area (Å²) in [5.41, 5.74) is 4.23. The van der Waals surface area contributed by atoms with Crippen LogP contribution in [0, 0.1) is 6.92 Å². The highest BCUT2D eigenvalue weighted by atomic mass is 15.3. The predicted molar refractivity (Wildman–Crippen MR) is 80.1 cm³/mol. The van der Waals surface area contributed by atoms with Gasteiger partial charge in [-0.05, 0) is 31.0 Å². The molecule has 0 N–H and O–H groups in total. The Kier molecular flexibility index (Phi) is 3.39. The second kappa shape index (κ2) is 5.18. The maximum absolute atomic E-state index is 2.60. The van der Waals surface area contributed by atoms with Gasteiger partial charge in [0.05, 0.1) is 12.1 Å². The van der Waals surface area contributed by atoms with Crippen molar-refractivity contribution in [2.45, 2.75) is 32.4 Å². The van der Waals surface area contributed by atoms with Crippen molar-refractivity contribution in [1.29, 1.82) is 0 Å². The molecule has 1 heteroatoms. The van der Waals surface area contributed by atoms with Crippen LogP contribution in [0.25, 0.3) is 0 Å². The van der Waals surface area contributed by atoms with Crippen molar-refractivity contribution < 1.29 is 0 Å². The first-order valence-electron chi connectivity index (χ1n) is 7.18. The lowest BCUT2D eigenvalue weighted by Crippen LogP contribution is -2.00. The van der Waals surface area contributed by atoms with E-state index in [0.29, 0.717) is 12.1 Å². The zero-order valence-corrected chi connectivity index (χ0v) is 11.7. The van der Waals surface area contributed by atoms with Crippen molar-refractivity contribution in [2.24, 2.45) is 0 Å². The Balaban J connectivity index is 1.86. The molecule has 1 heterocycles. The summed E-state index contributed by atoms with van der Waals surface area (Å²) in [6.07, 6.45) is 1.21. The van der Waals surface area contributed by atoms with Gasteiger partial charge in [-0.15, -0.1) is 0 Å². The van der Waals surface area contributed by atoms with Crippen molar-refractivity contribution in [3.8, 4) is 0 Å². The van der Waals surface area contributed by atoms with Gasteiger partial charge in [0.15, 0.2) is 0 Å². The third kappa shape index (κ3) is 2.43. The Hall–Kier alpha value is -1.60. The molecule has 98 valence electrons. The Labute approximate surface area is 115 Å². The summed E-state index contributed by atoms with van der Waals surface area (Å²) in [5, 5.41) is 0. The average molecular weight is 251 g/mol. The maximum atomic E-state index is 2.60. The van der Waals surface area contributed by atoms with Crippen molar-refractivity contribution >= 4 is 0 Å². The molecule has 1 saturated heterocycles. The molecule has 0 spiro atoms. The molecule has 0 aromatic heterocycles. The third-order valence-corrected chi connectivity index (χ3v) is 3.97. The van der Waals surface area contributed by atoms with E-state index < -0.39 is 0 Å². The highest BCUT2D eigenvalue weighted by Crippen LogP contribution is 2.54. The summed E-state index contributed by atoms with van der Waals surface area (Å²) >= 11 is 0. The summed E-state index contributed by atoms with van der Waals surface area (Å²) < 4.78 is 0. The van der Waals surface area contributed by atoms with Crippen LogP contribution in [0.5, 0.6) is 0 Å². The molecule has 1 aliphatic rings. The van der Waals surface area contributed by atoms with Gasteiger partial charge in [0, 0.05) is 0 Å². The highest BCUT2D eigenvalue weighted by Gasteiger charge is 2.48. The van der Waals surface area contributed by atoms with E-state index in [2.05, 4.69) is 73.3 Å². The smallest absolute Gasteiger partial charge is 0.0552 e. The van der Waals surface area contributed by atoms with Crippen LogP contribution in [0.4, 0.5) is 0 Å². The molecule has 2 aromatic carbocycles. The molecule has 1 aliphatic heterocycles. The lowest BCUT2D eigenvalue weighted by Gasteiger charge is -2.01. The van der Waals surface area contributed by atoms with Gasteiger partial charge in [-0.1, -0.05) is 67.1 Å². The van der Waals surface area contributed by atoms with Gasteiger partial charge < -0.3 is 0 Å². The van der Waals surface area contributed by atoms with E-state index in [-0.39, 0.29) is 0 Å². The van der Waals surface area contributed by atoms with Crippen molar-refractivity contribution in [3.63, 3.8) is 0 Å². The van der Waals surface area contributed by atoms with Gasteiger partial charge in [0.1, 0.15) is 0 Å². The highest BCUT2D eigenvalue weighted by molar-refractivity contribution is 5.35. The fourth-order valence-electron chi connectivity index (χ4n) is 2.97. The van der Waals surface area contributed by atoms with Crippen LogP contribution in [-0.4, -0.2) is 11.4 Å². The van der Waals surface area contributed by atoms with E-state index in [0.717, 1.165) is 0 Å². The average Bonchev–Trinajstić information content (AvgIpc) is 3.15. The van der Waals surface area contributed by atoms with Crippen LogP contribution in [-0.2, 0) is 0 Å². The molecule has 3 rings (SSSR count). The number of hydrogen-bond donors (Lipinski definition) is 0. The van der Waals surface area contributed by atoms with Gasteiger partial charge >= 0.3 is 0 Å². The number of benzene rings is 2. The minimum absolute atomic E-state index is 0.572. The van der Waals surface area contributed by atoms with Crippen LogP contribution in [0.3, 0.4) is 0 Å². The van der Waals surface area contributed by atoms with E-state index in [1.165, 1.54) is 29.7 Å². The summed E-state index contributed by atoms with van der Waals surface area (Å²) in [5.74, 6) is 0.